The predicted molar refractivity (Wildman–Crippen MR) is 103 cm³/mol. The molecule has 2 aromatic rings. The molecular weight excluding hydrogens is 352 g/mol. The fourth-order valence-corrected chi connectivity index (χ4v) is 3.20. The first kappa shape index (κ1) is 19.9. The van der Waals surface area contributed by atoms with Crippen molar-refractivity contribution in [2.45, 2.75) is 32.5 Å². The van der Waals surface area contributed by atoms with Gasteiger partial charge in [-0.1, -0.05) is 24.3 Å². The van der Waals surface area contributed by atoms with Crippen LogP contribution in [-0.2, 0) is 22.9 Å². The Labute approximate surface area is 154 Å². The van der Waals surface area contributed by atoms with Crippen LogP contribution in [0.15, 0.2) is 41.9 Å². The summed E-state index contributed by atoms with van der Waals surface area (Å²) in [7, 11) is -1.26. The van der Waals surface area contributed by atoms with Crippen LogP contribution in [0.25, 0.3) is 0 Å². The minimum Gasteiger partial charge on any atom is -0.354 e. The minimum absolute atomic E-state index is 0.00887. The van der Waals surface area contributed by atoms with Crippen molar-refractivity contribution in [3.05, 3.63) is 48.0 Å². The Morgan fingerprint density at radius 1 is 1.35 bits per heavy atom. The van der Waals surface area contributed by atoms with Crippen LogP contribution in [0.1, 0.15) is 24.5 Å². The molecule has 142 valence electrons. The van der Waals surface area contributed by atoms with Gasteiger partial charge in [-0.25, -0.2) is 18.1 Å². The number of nitrogens with zero attached hydrogens (tertiary/aromatic N) is 4. The molecule has 1 atom stereocenters. The zero-order chi connectivity index (χ0) is 19.0. The van der Waals surface area contributed by atoms with Crippen LogP contribution in [0.2, 0.25) is 0 Å². The minimum atomic E-state index is -2.96. The molecule has 0 radical (unpaired) electrons. The first-order chi connectivity index (χ1) is 12.4. The van der Waals surface area contributed by atoms with Gasteiger partial charge in [0.05, 0.1) is 12.3 Å². The Morgan fingerprint density at radius 3 is 2.77 bits per heavy atom. The molecule has 26 heavy (non-hydrogen) atoms. The third kappa shape index (κ3) is 7.22. The lowest BCUT2D eigenvalue weighted by atomic mass is 10.1. The molecule has 8 nitrogen and oxygen atoms in total. The van der Waals surface area contributed by atoms with Crippen molar-refractivity contribution in [1.29, 1.82) is 0 Å². The smallest absolute Gasteiger partial charge is 0.191 e. The molecular formula is C17H26N6O2S. The van der Waals surface area contributed by atoms with Crippen molar-refractivity contribution < 1.29 is 8.42 Å². The fourth-order valence-electron chi connectivity index (χ4n) is 2.42. The zero-order valence-corrected chi connectivity index (χ0v) is 16.2. The molecule has 0 aliphatic carbocycles. The third-order valence-corrected chi connectivity index (χ3v) is 4.77. The summed E-state index contributed by atoms with van der Waals surface area (Å²) in [6.45, 7) is 3.23. The van der Waals surface area contributed by atoms with Gasteiger partial charge in [0.15, 0.2) is 5.96 Å². The Bertz CT molecular complexity index is 818. The SMILES string of the molecule is CN=C(NCc1cccc(Cn2cncn2)c1)NC(C)CCS(C)(=O)=O. The average molecular weight is 379 g/mol. The van der Waals surface area contributed by atoms with Gasteiger partial charge in [0.25, 0.3) is 0 Å². The van der Waals surface area contributed by atoms with E-state index < -0.39 is 9.84 Å². The van der Waals surface area contributed by atoms with Gasteiger partial charge in [-0.05, 0) is 24.5 Å². The summed E-state index contributed by atoms with van der Waals surface area (Å²) in [5, 5.41) is 10.6. The maximum atomic E-state index is 11.3. The molecule has 1 aromatic carbocycles. The monoisotopic (exact) mass is 378 g/mol. The first-order valence-corrected chi connectivity index (χ1v) is 10.5. The Kier molecular flexibility index (Phi) is 7.14. The van der Waals surface area contributed by atoms with Crippen LogP contribution in [0.3, 0.4) is 0 Å². The van der Waals surface area contributed by atoms with E-state index in [1.807, 2.05) is 25.1 Å². The highest BCUT2D eigenvalue weighted by Gasteiger charge is 2.09. The fraction of sp³-hybridized carbons (Fsp3) is 0.471. The van der Waals surface area contributed by atoms with Crippen molar-refractivity contribution >= 4 is 15.8 Å². The second kappa shape index (κ2) is 9.33. The molecule has 1 unspecified atom stereocenters. The molecule has 2 rings (SSSR count). The summed E-state index contributed by atoms with van der Waals surface area (Å²) in [6.07, 6.45) is 4.99. The van der Waals surface area contributed by atoms with Crippen molar-refractivity contribution in [2.24, 2.45) is 4.99 Å². The molecule has 9 heteroatoms. The molecule has 0 bridgehead atoms. The van der Waals surface area contributed by atoms with Crippen molar-refractivity contribution in [3.63, 3.8) is 0 Å². The van der Waals surface area contributed by atoms with Crippen LogP contribution in [-0.4, -0.2) is 54.2 Å². The lowest BCUT2D eigenvalue weighted by Crippen LogP contribution is -2.42. The van der Waals surface area contributed by atoms with Gasteiger partial charge in [-0.3, -0.25) is 4.99 Å². The number of hydrogen-bond acceptors (Lipinski definition) is 5. The second-order valence-corrected chi connectivity index (χ2v) is 8.56. The Hall–Kier alpha value is -2.42. The van der Waals surface area contributed by atoms with E-state index in [0.717, 1.165) is 11.1 Å². The number of sulfone groups is 1. The van der Waals surface area contributed by atoms with Gasteiger partial charge in [0.2, 0.25) is 0 Å². The number of nitrogens with one attached hydrogen (secondary N) is 2. The highest BCUT2D eigenvalue weighted by molar-refractivity contribution is 7.90. The van der Waals surface area contributed by atoms with Crippen LogP contribution in [0.5, 0.6) is 0 Å². The van der Waals surface area contributed by atoms with E-state index in [1.165, 1.54) is 12.6 Å². The maximum absolute atomic E-state index is 11.3. The molecule has 1 aromatic heterocycles. The summed E-state index contributed by atoms with van der Waals surface area (Å²) in [6, 6.07) is 8.21. The van der Waals surface area contributed by atoms with Crippen molar-refractivity contribution in [1.82, 2.24) is 25.4 Å². The van der Waals surface area contributed by atoms with E-state index in [1.54, 1.807) is 18.1 Å². The van der Waals surface area contributed by atoms with E-state index in [0.29, 0.717) is 25.5 Å². The molecule has 0 saturated heterocycles. The van der Waals surface area contributed by atoms with E-state index >= 15 is 0 Å². The first-order valence-electron chi connectivity index (χ1n) is 8.41. The maximum Gasteiger partial charge on any atom is 0.191 e. The predicted octanol–water partition coefficient (Wildman–Crippen LogP) is 0.815. The lowest BCUT2D eigenvalue weighted by Gasteiger charge is -2.18. The summed E-state index contributed by atoms with van der Waals surface area (Å²) >= 11 is 0. The third-order valence-electron chi connectivity index (χ3n) is 3.79. The lowest BCUT2D eigenvalue weighted by molar-refractivity contribution is 0.581. The topological polar surface area (TPSA) is 101 Å². The molecule has 0 amide bonds. The highest BCUT2D eigenvalue weighted by Crippen LogP contribution is 2.06. The Morgan fingerprint density at radius 2 is 2.12 bits per heavy atom. The van der Waals surface area contributed by atoms with Gasteiger partial charge in [-0.2, -0.15) is 5.10 Å². The van der Waals surface area contributed by atoms with Gasteiger partial charge in [0.1, 0.15) is 22.5 Å². The number of guanidine groups is 1. The van der Waals surface area contributed by atoms with Gasteiger partial charge in [-0.15, -0.1) is 0 Å². The molecule has 2 N–H and O–H groups in total. The molecule has 0 fully saturated rings. The molecule has 1 heterocycles. The van der Waals surface area contributed by atoms with Gasteiger partial charge < -0.3 is 10.6 Å². The number of benzene rings is 1. The summed E-state index contributed by atoms with van der Waals surface area (Å²) < 4.78 is 24.3. The number of aromatic nitrogens is 3. The van der Waals surface area contributed by atoms with Crippen LogP contribution >= 0.6 is 0 Å². The zero-order valence-electron chi connectivity index (χ0n) is 15.4. The molecule has 0 aliphatic rings. The van der Waals surface area contributed by atoms with Crippen LogP contribution in [0, 0.1) is 0 Å². The average Bonchev–Trinajstić information content (AvgIpc) is 3.09. The largest absolute Gasteiger partial charge is 0.354 e. The molecule has 0 aliphatic heterocycles. The molecule has 0 saturated carbocycles. The van der Waals surface area contributed by atoms with E-state index in [-0.39, 0.29) is 11.8 Å². The normalized spacial score (nSPS) is 13.4. The second-order valence-electron chi connectivity index (χ2n) is 6.30. The summed E-state index contributed by atoms with van der Waals surface area (Å²) in [5.41, 5.74) is 2.26. The standard InChI is InChI=1S/C17H26N6O2S/c1-14(7-8-26(3,24)25)22-17(18-2)20-10-15-5-4-6-16(9-15)11-23-13-19-12-21-23/h4-6,9,12-14H,7-8,10-11H2,1-3H3,(H2,18,20,22). The molecule has 0 spiro atoms. The van der Waals surface area contributed by atoms with Gasteiger partial charge in [0, 0.05) is 25.9 Å². The number of hydrogen-bond donors (Lipinski definition) is 2. The van der Waals surface area contributed by atoms with Crippen molar-refractivity contribution in [2.75, 3.05) is 19.1 Å². The van der Waals surface area contributed by atoms with Crippen molar-refractivity contribution in [3.8, 4) is 0 Å². The number of rotatable bonds is 8. The van der Waals surface area contributed by atoms with E-state index in [4.69, 9.17) is 0 Å². The summed E-state index contributed by atoms with van der Waals surface area (Å²) in [4.78, 5) is 8.14. The Balaban J connectivity index is 1.86. The summed E-state index contributed by atoms with van der Waals surface area (Å²) in [5.74, 6) is 0.801. The highest BCUT2D eigenvalue weighted by atomic mass is 32.2. The van der Waals surface area contributed by atoms with E-state index in [2.05, 4.69) is 31.8 Å². The van der Waals surface area contributed by atoms with Gasteiger partial charge >= 0.3 is 0 Å². The van der Waals surface area contributed by atoms with Crippen LogP contribution < -0.4 is 10.6 Å². The number of aliphatic imine (C=N–C) groups is 1. The van der Waals surface area contributed by atoms with E-state index in [9.17, 15) is 8.42 Å². The quantitative estimate of drug-likeness (QED) is 0.521. The van der Waals surface area contributed by atoms with Crippen LogP contribution in [0.4, 0.5) is 0 Å².